The second-order valence-electron chi connectivity index (χ2n) is 8.88. The number of nitrogen functional groups attached to an aromatic ring is 1. The highest BCUT2D eigenvalue weighted by Gasteiger charge is 2.34. The summed E-state index contributed by atoms with van der Waals surface area (Å²) in [6, 6.07) is 5.76. The highest BCUT2D eigenvalue weighted by Crippen LogP contribution is 2.41. The van der Waals surface area contributed by atoms with E-state index in [2.05, 4.69) is 25.2 Å². The van der Waals surface area contributed by atoms with E-state index in [9.17, 15) is 4.39 Å². The molecule has 2 bridgehead atoms. The van der Waals surface area contributed by atoms with Gasteiger partial charge in [0, 0.05) is 41.7 Å². The summed E-state index contributed by atoms with van der Waals surface area (Å²) in [5.41, 5.74) is 8.04. The number of nitrogens with two attached hydrogens (primary N) is 1. The summed E-state index contributed by atoms with van der Waals surface area (Å²) >= 11 is 1.06. The van der Waals surface area contributed by atoms with E-state index < -0.39 is 11.6 Å². The Morgan fingerprint density at radius 2 is 1.91 bits per heavy atom. The van der Waals surface area contributed by atoms with Crippen LogP contribution in [0.4, 0.5) is 19.7 Å². The summed E-state index contributed by atoms with van der Waals surface area (Å²) in [5, 5.41) is 4.50. The molecule has 2 aliphatic heterocycles. The minimum absolute atomic E-state index is 0.115. The molecule has 2 saturated heterocycles. The van der Waals surface area contributed by atoms with Gasteiger partial charge in [0.25, 0.3) is 0 Å². The fraction of sp³-hybridized carbons (Fsp3) is 0.375. The van der Waals surface area contributed by atoms with E-state index in [1.54, 1.807) is 6.07 Å². The van der Waals surface area contributed by atoms with E-state index in [1.165, 1.54) is 13.2 Å². The minimum atomic E-state index is -0.492. The van der Waals surface area contributed by atoms with Gasteiger partial charge in [0.2, 0.25) is 0 Å². The third-order valence-electron chi connectivity index (χ3n) is 6.83. The Kier molecular flexibility index (Phi) is 5.03. The van der Waals surface area contributed by atoms with Crippen molar-refractivity contribution in [3.63, 3.8) is 0 Å². The average molecular weight is 483 g/mol. The molecule has 2 aromatic heterocycles. The second kappa shape index (κ2) is 7.99. The van der Waals surface area contributed by atoms with Crippen LogP contribution in [0, 0.1) is 11.6 Å². The molecule has 0 amide bonds. The molecule has 4 aromatic rings. The SMILES string of the molecule is CCc1cc2c(N3CC4CCC(C3)N4)nc(OC)nc2c(F)c1-c1ccc(F)c2sc(N)nc12. The zero-order valence-electron chi connectivity index (χ0n) is 18.9. The summed E-state index contributed by atoms with van der Waals surface area (Å²) in [5.74, 6) is -0.233. The van der Waals surface area contributed by atoms with Gasteiger partial charge >= 0.3 is 6.01 Å². The van der Waals surface area contributed by atoms with Crippen LogP contribution in [0.3, 0.4) is 0 Å². The molecule has 2 unspecified atom stereocenters. The Labute approximate surface area is 199 Å². The number of nitrogens with zero attached hydrogens (tertiary/aromatic N) is 4. The Morgan fingerprint density at radius 1 is 1.15 bits per heavy atom. The molecule has 6 rings (SSSR count). The summed E-state index contributed by atoms with van der Waals surface area (Å²) < 4.78 is 36.4. The number of nitrogens with one attached hydrogen (secondary N) is 1. The fourth-order valence-electron chi connectivity index (χ4n) is 5.31. The number of rotatable bonds is 4. The van der Waals surface area contributed by atoms with Gasteiger partial charge in [-0.2, -0.15) is 9.97 Å². The van der Waals surface area contributed by atoms with Gasteiger partial charge < -0.3 is 20.7 Å². The molecule has 7 nitrogen and oxygen atoms in total. The number of methoxy groups -OCH3 is 1. The van der Waals surface area contributed by atoms with Gasteiger partial charge in [-0.1, -0.05) is 18.3 Å². The maximum atomic E-state index is 16.3. The van der Waals surface area contributed by atoms with Crippen LogP contribution in [0.5, 0.6) is 6.01 Å². The van der Waals surface area contributed by atoms with Crippen LogP contribution < -0.4 is 20.7 Å². The summed E-state index contributed by atoms with van der Waals surface area (Å²) in [6.07, 6.45) is 2.81. The lowest BCUT2D eigenvalue weighted by atomic mass is 9.94. The van der Waals surface area contributed by atoms with Crippen LogP contribution >= 0.6 is 11.3 Å². The molecular formula is C24H24F2N6OS. The van der Waals surface area contributed by atoms with Crippen LogP contribution in [-0.2, 0) is 6.42 Å². The number of hydrogen-bond donors (Lipinski definition) is 2. The van der Waals surface area contributed by atoms with Gasteiger partial charge in [-0.15, -0.1) is 0 Å². The first-order valence-electron chi connectivity index (χ1n) is 11.4. The lowest BCUT2D eigenvalue weighted by molar-refractivity contribution is 0.380. The first-order valence-corrected chi connectivity index (χ1v) is 12.2. The van der Waals surface area contributed by atoms with Crippen molar-refractivity contribution >= 4 is 43.4 Å². The number of aryl methyl sites for hydroxylation is 1. The maximum absolute atomic E-state index is 16.3. The van der Waals surface area contributed by atoms with E-state index in [-0.39, 0.29) is 16.7 Å². The van der Waals surface area contributed by atoms with Crippen molar-refractivity contribution in [1.29, 1.82) is 0 Å². The molecule has 0 saturated carbocycles. The van der Waals surface area contributed by atoms with E-state index in [1.807, 2.05) is 13.0 Å². The van der Waals surface area contributed by atoms with E-state index in [4.69, 9.17) is 10.5 Å². The number of halogens is 2. The van der Waals surface area contributed by atoms with Crippen LogP contribution in [0.15, 0.2) is 18.2 Å². The molecule has 176 valence electrons. The molecule has 0 aliphatic carbocycles. The molecule has 34 heavy (non-hydrogen) atoms. The van der Waals surface area contributed by atoms with Crippen LogP contribution in [0.1, 0.15) is 25.3 Å². The van der Waals surface area contributed by atoms with Crippen molar-refractivity contribution in [2.75, 3.05) is 30.8 Å². The number of aromatic nitrogens is 3. The first-order chi connectivity index (χ1) is 16.5. The normalized spacial score (nSPS) is 19.9. The summed E-state index contributed by atoms with van der Waals surface area (Å²) in [7, 11) is 1.48. The Bertz CT molecular complexity index is 1430. The first kappa shape index (κ1) is 21.4. The number of fused-ring (bicyclic) bond motifs is 4. The highest BCUT2D eigenvalue weighted by atomic mass is 32.1. The zero-order valence-corrected chi connectivity index (χ0v) is 19.7. The largest absolute Gasteiger partial charge is 0.467 e. The van der Waals surface area contributed by atoms with E-state index in [0.717, 1.165) is 42.8 Å². The van der Waals surface area contributed by atoms with Gasteiger partial charge in [0.15, 0.2) is 10.9 Å². The van der Waals surface area contributed by atoms with Crippen molar-refractivity contribution in [2.24, 2.45) is 0 Å². The van der Waals surface area contributed by atoms with Crippen molar-refractivity contribution < 1.29 is 13.5 Å². The Balaban J connectivity index is 1.61. The number of ether oxygens (including phenoxy) is 1. The molecule has 4 heterocycles. The average Bonchev–Trinajstić information content (AvgIpc) is 3.40. The van der Waals surface area contributed by atoms with Crippen LogP contribution in [0.25, 0.3) is 32.2 Å². The number of hydrogen-bond acceptors (Lipinski definition) is 8. The van der Waals surface area contributed by atoms with Crippen molar-refractivity contribution in [1.82, 2.24) is 20.3 Å². The topological polar surface area (TPSA) is 89.2 Å². The Morgan fingerprint density at radius 3 is 2.62 bits per heavy atom. The molecule has 2 atom stereocenters. The van der Waals surface area contributed by atoms with Gasteiger partial charge in [0.1, 0.15) is 17.2 Å². The second-order valence-corrected chi connectivity index (χ2v) is 9.91. The third-order valence-corrected chi connectivity index (χ3v) is 7.73. The lowest BCUT2D eigenvalue weighted by Crippen LogP contribution is -2.51. The Hall–Kier alpha value is -3.11. The number of anilines is 2. The monoisotopic (exact) mass is 482 g/mol. The highest BCUT2D eigenvalue weighted by molar-refractivity contribution is 7.22. The van der Waals surface area contributed by atoms with Crippen molar-refractivity contribution in [2.45, 2.75) is 38.3 Å². The lowest BCUT2D eigenvalue weighted by Gasteiger charge is -2.34. The molecule has 2 aromatic carbocycles. The number of benzene rings is 2. The minimum Gasteiger partial charge on any atom is -0.467 e. The van der Waals surface area contributed by atoms with Gasteiger partial charge in [-0.05, 0) is 43.0 Å². The number of piperazine rings is 1. The predicted octanol–water partition coefficient (Wildman–Crippen LogP) is 4.28. The quantitative estimate of drug-likeness (QED) is 0.449. The van der Waals surface area contributed by atoms with Crippen LogP contribution in [-0.4, -0.2) is 47.2 Å². The van der Waals surface area contributed by atoms with E-state index >= 15 is 4.39 Å². The van der Waals surface area contributed by atoms with Crippen molar-refractivity contribution in [3.05, 3.63) is 35.4 Å². The molecule has 10 heteroatoms. The summed E-state index contributed by atoms with van der Waals surface area (Å²) in [6.45, 7) is 3.57. The molecular weight excluding hydrogens is 458 g/mol. The number of thiazole rings is 1. The molecule has 3 N–H and O–H groups in total. The molecule has 2 aliphatic rings. The van der Waals surface area contributed by atoms with Gasteiger partial charge in [-0.25, -0.2) is 13.8 Å². The van der Waals surface area contributed by atoms with Gasteiger partial charge in [-0.3, -0.25) is 0 Å². The van der Waals surface area contributed by atoms with Gasteiger partial charge in [0.05, 0.1) is 17.3 Å². The molecule has 0 spiro atoms. The zero-order chi connectivity index (χ0) is 23.6. The van der Waals surface area contributed by atoms with Crippen molar-refractivity contribution in [3.8, 4) is 17.1 Å². The summed E-state index contributed by atoms with van der Waals surface area (Å²) in [4.78, 5) is 15.6. The standard InChI is InChI=1S/C24H24F2N6OS/c1-3-11-8-15-19(18(26)17(11)14-6-7-16(25)21-20(14)29-23(27)34-21)30-24(33-2)31-22(15)32-9-12-4-5-13(10-32)28-12/h6-8,12-13,28H,3-5,9-10H2,1-2H3,(H2,27,29). The smallest absolute Gasteiger partial charge is 0.318 e. The van der Waals surface area contributed by atoms with E-state index in [0.29, 0.717) is 51.1 Å². The maximum Gasteiger partial charge on any atom is 0.318 e. The van der Waals surface area contributed by atoms with Crippen LogP contribution in [0.2, 0.25) is 0 Å². The molecule has 2 fully saturated rings. The fourth-order valence-corrected chi connectivity index (χ4v) is 6.07. The molecule has 0 radical (unpaired) electrons. The predicted molar refractivity (Wildman–Crippen MR) is 131 cm³/mol. The third kappa shape index (κ3) is 3.27.